The van der Waals surface area contributed by atoms with Crippen LogP contribution in [0, 0.1) is 0 Å². The molecule has 6 heteroatoms. The Hall–Kier alpha value is -0.620. The predicted octanol–water partition coefficient (Wildman–Crippen LogP) is -0.463. The van der Waals surface area contributed by atoms with Gasteiger partial charge >= 0.3 is 0 Å². The van der Waals surface area contributed by atoms with Crippen LogP contribution in [0.15, 0.2) is 0 Å². The van der Waals surface area contributed by atoms with Gasteiger partial charge in [0, 0.05) is 12.8 Å². The number of hydrogen-bond donors (Lipinski definition) is 2. The molecule has 0 aliphatic rings. The largest absolute Gasteiger partial charge is 0.355 e. The van der Waals surface area contributed by atoms with Gasteiger partial charge in [-0.05, 0) is 19.4 Å². The molecule has 0 spiro atoms. The van der Waals surface area contributed by atoms with Crippen molar-refractivity contribution >= 4 is 15.7 Å². The van der Waals surface area contributed by atoms with Crippen LogP contribution >= 0.6 is 0 Å². The molecule has 0 aromatic rings. The van der Waals surface area contributed by atoms with E-state index in [1.807, 2.05) is 6.92 Å². The Morgan fingerprint density at radius 3 is 2.47 bits per heavy atom. The molecule has 0 aliphatic carbocycles. The minimum atomic E-state index is -2.91. The molecular formula is C9H20N2O3S. The summed E-state index contributed by atoms with van der Waals surface area (Å²) in [6.07, 6.45) is 2.65. The van der Waals surface area contributed by atoms with Crippen LogP contribution in [0.4, 0.5) is 0 Å². The first-order valence-corrected chi connectivity index (χ1v) is 7.17. The monoisotopic (exact) mass is 236 g/mol. The van der Waals surface area contributed by atoms with Crippen LogP contribution in [0.3, 0.4) is 0 Å². The molecule has 0 bridgehead atoms. The van der Waals surface area contributed by atoms with E-state index < -0.39 is 9.84 Å². The van der Waals surface area contributed by atoms with Crippen molar-refractivity contribution in [2.45, 2.75) is 19.8 Å². The van der Waals surface area contributed by atoms with E-state index in [0.717, 1.165) is 13.0 Å². The summed E-state index contributed by atoms with van der Waals surface area (Å²) in [4.78, 5) is 11.1. The van der Waals surface area contributed by atoms with Crippen LogP contribution in [-0.2, 0) is 14.6 Å². The molecule has 0 aliphatic heterocycles. The fourth-order valence-electron chi connectivity index (χ4n) is 1.00. The van der Waals surface area contributed by atoms with Gasteiger partial charge in [0.1, 0.15) is 9.84 Å². The molecule has 0 radical (unpaired) electrons. The molecule has 0 aromatic heterocycles. The molecule has 0 unspecified atom stereocenters. The molecule has 90 valence electrons. The third kappa shape index (κ3) is 11.3. The van der Waals surface area contributed by atoms with Crippen LogP contribution < -0.4 is 10.6 Å². The standard InChI is InChI=1S/C9H20N2O3S/c1-3-5-10-8-9(12)11-6-4-7-15(2,13)14/h10H,3-8H2,1-2H3,(H,11,12). The van der Waals surface area contributed by atoms with Gasteiger partial charge < -0.3 is 10.6 Å². The minimum absolute atomic E-state index is 0.0862. The molecule has 0 fully saturated rings. The molecule has 0 saturated heterocycles. The first-order valence-electron chi connectivity index (χ1n) is 5.11. The van der Waals surface area contributed by atoms with Crippen molar-refractivity contribution in [3.8, 4) is 0 Å². The van der Waals surface area contributed by atoms with E-state index in [9.17, 15) is 13.2 Å². The van der Waals surface area contributed by atoms with Gasteiger partial charge in [-0.25, -0.2) is 8.42 Å². The van der Waals surface area contributed by atoms with Gasteiger partial charge in [-0.15, -0.1) is 0 Å². The highest BCUT2D eigenvalue weighted by Crippen LogP contribution is 1.86. The predicted molar refractivity (Wildman–Crippen MR) is 60.5 cm³/mol. The second-order valence-corrected chi connectivity index (χ2v) is 5.77. The van der Waals surface area contributed by atoms with E-state index in [4.69, 9.17) is 0 Å². The summed E-state index contributed by atoms with van der Waals surface area (Å²) in [6.45, 7) is 3.56. The summed E-state index contributed by atoms with van der Waals surface area (Å²) in [5.74, 6) is 0.0345. The van der Waals surface area contributed by atoms with Crippen molar-refractivity contribution in [2.24, 2.45) is 0 Å². The van der Waals surface area contributed by atoms with Crippen LogP contribution in [0.2, 0.25) is 0 Å². The summed E-state index contributed by atoms with van der Waals surface area (Å²) < 4.78 is 21.5. The maximum Gasteiger partial charge on any atom is 0.233 e. The third-order valence-corrected chi connectivity index (χ3v) is 2.76. The molecule has 2 N–H and O–H groups in total. The van der Waals surface area contributed by atoms with Crippen molar-refractivity contribution in [3.05, 3.63) is 0 Å². The summed E-state index contributed by atoms with van der Waals surface area (Å²) in [6, 6.07) is 0. The van der Waals surface area contributed by atoms with Gasteiger partial charge in [-0.1, -0.05) is 6.92 Å². The molecule has 0 saturated carbocycles. The molecule has 0 heterocycles. The maximum atomic E-state index is 11.1. The lowest BCUT2D eigenvalue weighted by atomic mass is 10.4. The summed E-state index contributed by atoms with van der Waals surface area (Å²) in [7, 11) is -2.91. The van der Waals surface area contributed by atoms with E-state index in [0.29, 0.717) is 19.5 Å². The number of carbonyl (C=O) groups is 1. The maximum absolute atomic E-state index is 11.1. The first kappa shape index (κ1) is 14.4. The lowest BCUT2D eigenvalue weighted by molar-refractivity contribution is -0.120. The van der Waals surface area contributed by atoms with Crippen molar-refractivity contribution < 1.29 is 13.2 Å². The van der Waals surface area contributed by atoms with Gasteiger partial charge in [0.25, 0.3) is 0 Å². The number of nitrogens with one attached hydrogen (secondary N) is 2. The number of rotatable bonds is 8. The zero-order valence-electron chi connectivity index (χ0n) is 9.38. The average molecular weight is 236 g/mol. The van der Waals surface area contributed by atoms with Gasteiger partial charge in [0.2, 0.25) is 5.91 Å². The Bertz CT molecular complexity index is 275. The molecule has 15 heavy (non-hydrogen) atoms. The van der Waals surface area contributed by atoms with E-state index >= 15 is 0 Å². The van der Waals surface area contributed by atoms with Crippen molar-refractivity contribution in [2.75, 3.05) is 31.6 Å². The van der Waals surface area contributed by atoms with Gasteiger partial charge in [-0.2, -0.15) is 0 Å². The van der Waals surface area contributed by atoms with E-state index in [-0.39, 0.29) is 11.7 Å². The van der Waals surface area contributed by atoms with Gasteiger partial charge in [0.05, 0.1) is 12.3 Å². The molecule has 0 rings (SSSR count). The first-order chi connectivity index (χ1) is 6.95. The normalized spacial score (nSPS) is 11.3. The van der Waals surface area contributed by atoms with Crippen LogP contribution in [0.5, 0.6) is 0 Å². The third-order valence-electron chi connectivity index (χ3n) is 1.73. The Morgan fingerprint density at radius 1 is 1.27 bits per heavy atom. The Kier molecular flexibility index (Phi) is 7.33. The lowest BCUT2D eigenvalue weighted by Crippen LogP contribution is -2.35. The van der Waals surface area contributed by atoms with E-state index in [2.05, 4.69) is 10.6 Å². The van der Waals surface area contributed by atoms with E-state index in [1.54, 1.807) is 0 Å². The average Bonchev–Trinajstić information content (AvgIpc) is 2.11. The quantitative estimate of drug-likeness (QED) is 0.559. The van der Waals surface area contributed by atoms with Crippen LogP contribution in [0.1, 0.15) is 19.8 Å². The summed E-state index contributed by atoms with van der Waals surface area (Å²) in [5.41, 5.74) is 0. The van der Waals surface area contributed by atoms with Gasteiger partial charge in [0.15, 0.2) is 0 Å². The smallest absolute Gasteiger partial charge is 0.233 e. The van der Waals surface area contributed by atoms with E-state index in [1.165, 1.54) is 6.26 Å². The number of amides is 1. The molecule has 0 aromatic carbocycles. The Labute approximate surface area is 91.5 Å². The van der Waals surface area contributed by atoms with Crippen LogP contribution in [0.25, 0.3) is 0 Å². The van der Waals surface area contributed by atoms with Crippen molar-refractivity contribution in [1.29, 1.82) is 0 Å². The summed E-state index contributed by atoms with van der Waals surface area (Å²) >= 11 is 0. The second-order valence-electron chi connectivity index (χ2n) is 3.51. The molecule has 1 amide bonds. The second kappa shape index (κ2) is 7.64. The number of carbonyl (C=O) groups excluding carboxylic acids is 1. The Morgan fingerprint density at radius 2 is 1.93 bits per heavy atom. The zero-order chi connectivity index (χ0) is 11.7. The highest BCUT2D eigenvalue weighted by Gasteiger charge is 2.03. The highest BCUT2D eigenvalue weighted by molar-refractivity contribution is 7.90. The topological polar surface area (TPSA) is 75.3 Å². The molecule has 0 atom stereocenters. The lowest BCUT2D eigenvalue weighted by Gasteiger charge is -2.05. The highest BCUT2D eigenvalue weighted by atomic mass is 32.2. The van der Waals surface area contributed by atoms with Gasteiger partial charge in [-0.3, -0.25) is 4.79 Å². The summed E-state index contributed by atoms with van der Waals surface area (Å²) in [5, 5.41) is 5.61. The van der Waals surface area contributed by atoms with Crippen molar-refractivity contribution in [1.82, 2.24) is 10.6 Å². The zero-order valence-corrected chi connectivity index (χ0v) is 10.2. The fraction of sp³-hybridized carbons (Fsp3) is 0.889. The molecular weight excluding hydrogens is 216 g/mol. The number of sulfone groups is 1. The minimum Gasteiger partial charge on any atom is -0.355 e. The van der Waals surface area contributed by atoms with Crippen molar-refractivity contribution in [3.63, 3.8) is 0 Å². The molecule has 5 nitrogen and oxygen atoms in total. The SMILES string of the molecule is CCCNCC(=O)NCCCS(C)(=O)=O. The fourth-order valence-corrected chi connectivity index (χ4v) is 1.67. The Balaban J connectivity index is 3.39. The number of hydrogen-bond acceptors (Lipinski definition) is 4. The van der Waals surface area contributed by atoms with Crippen LogP contribution in [-0.4, -0.2) is 46.0 Å².